The zero-order valence-electron chi connectivity index (χ0n) is 13.4. The molecule has 6 heteroatoms. The number of anilines is 2. The van der Waals surface area contributed by atoms with Crippen LogP contribution < -0.4 is 10.2 Å². The van der Waals surface area contributed by atoms with Crippen molar-refractivity contribution in [1.29, 1.82) is 0 Å². The third-order valence-corrected chi connectivity index (χ3v) is 4.38. The SMILES string of the molecule is CCN1CCN(c2nccc(NCc3ccc(Cl)cc3)n2)CC1. The lowest BCUT2D eigenvalue weighted by atomic mass is 10.2. The van der Waals surface area contributed by atoms with Gasteiger partial charge in [-0.2, -0.15) is 4.98 Å². The standard InChI is InChI=1S/C17H22ClN5/c1-2-22-9-11-23(12-10-22)17-19-8-7-16(21-17)20-13-14-3-5-15(18)6-4-14/h3-8H,2,9-13H2,1H3,(H,19,20,21). The molecule has 5 nitrogen and oxygen atoms in total. The molecule has 0 aliphatic carbocycles. The highest BCUT2D eigenvalue weighted by Crippen LogP contribution is 2.15. The predicted molar refractivity (Wildman–Crippen MR) is 95.1 cm³/mol. The minimum absolute atomic E-state index is 0.719. The minimum atomic E-state index is 0.719. The molecule has 1 saturated heterocycles. The average molecular weight is 332 g/mol. The van der Waals surface area contributed by atoms with E-state index in [2.05, 4.69) is 32.0 Å². The zero-order valence-corrected chi connectivity index (χ0v) is 14.1. The number of likely N-dealkylation sites (N-methyl/N-ethyl adjacent to an activating group) is 1. The van der Waals surface area contributed by atoms with Crippen LogP contribution in [-0.4, -0.2) is 47.6 Å². The van der Waals surface area contributed by atoms with Crippen molar-refractivity contribution in [3.05, 3.63) is 47.1 Å². The monoisotopic (exact) mass is 331 g/mol. The number of benzene rings is 1. The van der Waals surface area contributed by atoms with Gasteiger partial charge in [-0.05, 0) is 30.3 Å². The van der Waals surface area contributed by atoms with E-state index < -0.39 is 0 Å². The van der Waals surface area contributed by atoms with Crippen molar-refractivity contribution < 1.29 is 0 Å². The van der Waals surface area contributed by atoms with Crippen LogP contribution in [0.25, 0.3) is 0 Å². The fraction of sp³-hybridized carbons (Fsp3) is 0.412. The van der Waals surface area contributed by atoms with Crippen molar-refractivity contribution in [2.24, 2.45) is 0 Å². The Balaban J connectivity index is 1.60. The third-order valence-electron chi connectivity index (χ3n) is 4.13. The zero-order chi connectivity index (χ0) is 16.1. The number of hydrogen-bond acceptors (Lipinski definition) is 5. The lowest BCUT2D eigenvalue weighted by Gasteiger charge is -2.34. The van der Waals surface area contributed by atoms with Gasteiger partial charge in [0.05, 0.1) is 0 Å². The van der Waals surface area contributed by atoms with Crippen LogP contribution in [0.5, 0.6) is 0 Å². The molecular weight excluding hydrogens is 310 g/mol. The molecule has 1 aromatic heterocycles. The summed E-state index contributed by atoms with van der Waals surface area (Å²) in [5.41, 5.74) is 1.17. The maximum atomic E-state index is 5.91. The van der Waals surface area contributed by atoms with Gasteiger partial charge in [-0.3, -0.25) is 0 Å². The Labute approximate surface area is 142 Å². The molecule has 1 aromatic carbocycles. The van der Waals surface area contributed by atoms with E-state index in [1.165, 1.54) is 5.56 Å². The van der Waals surface area contributed by atoms with E-state index in [-0.39, 0.29) is 0 Å². The molecule has 0 atom stereocenters. The fourth-order valence-electron chi connectivity index (χ4n) is 2.66. The second-order valence-electron chi connectivity index (χ2n) is 5.64. The summed E-state index contributed by atoms with van der Waals surface area (Å²) < 4.78 is 0. The molecule has 1 aliphatic rings. The van der Waals surface area contributed by atoms with Crippen LogP contribution in [-0.2, 0) is 6.54 Å². The van der Waals surface area contributed by atoms with Crippen molar-refractivity contribution in [2.45, 2.75) is 13.5 Å². The first-order valence-electron chi connectivity index (χ1n) is 8.03. The van der Waals surface area contributed by atoms with Gasteiger partial charge < -0.3 is 15.1 Å². The Bertz CT molecular complexity index is 623. The smallest absolute Gasteiger partial charge is 0.227 e. The molecule has 1 fully saturated rings. The molecule has 2 aromatic rings. The van der Waals surface area contributed by atoms with Crippen molar-refractivity contribution in [3.63, 3.8) is 0 Å². The van der Waals surface area contributed by atoms with Crippen LogP contribution in [0.15, 0.2) is 36.5 Å². The van der Waals surface area contributed by atoms with Gasteiger partial charge in [-0.25, -0.2) is 4.98 Å². The molecule has 122 valence electrons. The first-order valence-corrected chi connectivity index (χ1v) is 8.41. The molecule has 2 heterocycles. The van der Waals surface area contributed by atoms with Gasteiger partial charge in [0.2, 0.25) is 5.95 Å². The molecule has 0 spiro atoms. The predicted octanol–water partition coefficient (Wildman–Crippen LogP) is 2.88. The average Bonchev–Trinajstić information content (AvgIpc) is 2.61. The molecule has 0 amide bonds. The van der Waals surface area contributed by atoms with Crippen molar-refractivity contribution >= 4 is 23.4 Å². The first-order chi connectivity index (χ1) is 11.2. The molecule has 0 radical (unpaired) electrons. The summed E-state index contributed by atoms with van der Waals surface area (Å²) in [7, 11) is 0. The number of halogens is 1. The third kappa shape index (κ3) is 4.33. The highest BCUT2D eigenvalue weighted by atomic mass is 35.5. The van der Waals surface area contributed by atoms with Gasteiger partial charge in [0.15, 0.2) is 0 Å². The molecular formula is C17H22ClN5. The maximum Gasteiger partial charge on any atom is 0.227 e. The largest absolute Gasteiger partial charge is 0.366 e. The summed E-state index contributed by atoms with van der Waals surface area (Å²) in [6.07, 6.45) is 1.82. The van der Waals surface area contributed by atoms with Gasteiger partial charge >= 0.3 is 0 Å². The Hall–Kier alpha value is -1.85. The molecule has 0 bridgehead atoms. The van der Waals surface area contributed by atoms with Crippen molar-refractivity contribution in [3.8, 4) is 0 Å². The molecule has 0 unspecified atom stereocenters. The normalized spacial score (nSPS) is 15.7. The lowest BCUT2D eigenvalue weighted by molar-refractivity contribution is 0.270. The number of rotatable bonds is 5. The van der Waals surface area contributed by atoms with Gasteiger partial charge in [-0.1, -0.05) is 30.7 Å². The molecule has 3 rings (SSSR count). The summed E-state index contributed by atoms with van der Waals surface area (Å²) in [6, 6.07) is 9.74. The van der Waals surface area contributed by atoms with E-state index in [1.54, 1.807) is 0 Å². The van der Waals surface area contributed by atoms with E-state index >= 15 is 0 Å². The minimum Gasteiger partial charge on any atom is -0.366 e. The van der Waals surface area contributed by atoms with Crippen LogP contribution in [0.4, 0.5) is 11.8 Å². The lowest BCUT2D eigenvalue weighted by Crippen LogP contribution is -2.46. The second kappa shape index (κ2) is 7.62. The van der Waals surface area contributed by atoms with Gasteiger partial charge in [-0.15, -0.1) is 0 Å². The fourth-order valence-corrected chi connectivity index (χ4v) is 2.78. The first kappa shape index (κ1) is 16.0. The summed E-state index contributed by atoms with van der Waals surface area (Å²) in [5, 5.41) is 4.10. The maximum absolute atomic E-state index is 5.91. The summed E-state index contributed by atoms with van der Waals surface area (Å²) in [5.74, 6) is 1.66. The van der Waals surface area contributed by atoms with E-state index in [4.69, 9.17) is 11.6 Å². The van der Waals surface area contributed by atoms with E-state index in [0.717, 1.165) is 56.1 Å². The number of nitrogens with one attached hydrogen (secondary N) is 1. The number of piperazine rings is 1. The quantitative estimate of drug-likeness (QED) is 0.912. The van der Waals surface area contributed by atoms with E-state index in [0.29, 0.717) is 0 Å². The summed E-state index contributed by atoms with van der Waals surface area (Å²) in [4.78, 5) is 13.8. The highest BCUT2D eigenvalue weighted by molar-refractivity contribution is 6.30. The van der Waals surface area contributed by atoms with Crippen LogP contribution in [0.1, 0.15) is 12.5 Å². The van der Waals surface area contributed by atoms with Gasteiger partial charge in [0, 0.05) is 43.9 Å². The molecule has 1 N–H and O–H groups in total. The number of nitrogens with zero attached hydrogens (tertiary/aromatic N) is 4. The van der Waals surface area contributed by atoms with Gasteiger partial charge in [0.25, 0.3) is 0 Å². The number of hydrogen-bond donors (Lipinski definition) is 1. The molecule has 0 saturated carbocycles. The summed E-state index contributed by atoms with van der Waals surface area (Å²) in [6.45, 7) is 8.13. The van der Waals surface area contributed by atoms with Gasteiger partial charge in [0.1, 0.15) is 5.82 Å². The Kier molecular flexibility index (Phi) is 5.31. The number of aromatic nitrogens is 2. The summed E-state index contributed by atoms with van der Waals surface area (Å²) >= 11 is 5.91. The van der Waals surface area contributed by atoms with E-state index in [9.17, 15) is 0 Å². The molecule has 23 heavy (non-hydrogen) atoms. The van der Waals surface area contributed by atoms with Crippen molar-refractivity contribution in [1.82, 2.24) is 14.9 Å². The molecule has 1 aliphatic heterocycles. The topological polar surface area (TPSA) is 44.3 Å². The van der Waals surface area contributed by atoms with Crippen molar-refractivity contribution in [2.75, 3.05) is 42.9 Å². The second-order valence-corrected chi connectivity index (χ2v) is 6.08. The van der Waals surface area contributed by atoms with Crippen LogP contribution >= 0.6 is 11.6 Å². The highest BCUT2D eigenvalue weighted by Gasteiger charge is 2.17. The van der Waals surface area contributed by atoms with E-state index in [1.807, 2.05) is 36.5 Å². The Morgan fingerprint density at radius 3 is 2.52 bits per heavy atom. The van der Waals surface area contributed by atoms with Crippen LogP contribution in [0.2, 0.25) is 5.02 Å². The van der Waals surface area contributed by atoms with Crippen LogP contribution in [0, 0.1) is 0 Å². The van der Waals surface area contributed by atoms with Crippen LogP contribution in [0.3, 0.4) is 0 Å². The Morgan fingerprint density at radius 1 is 1.09 bits per heavy atom. The Morgan fingerprint density at radius 2 is 1.83 bits per heavy atom.